The average molecular weight is 402 g/mol. The highest BCUT2D eigenvalue weighted by Crippen LogP contribution is 2.26. The second-order valence-corrected chi connectivity index (χ2v) is 6.43. The molecule has 0 saturated heterocycles. The molecule has 0 radical (unpaired) electrons. The SMILES string of the molecule is CC(C)c1[nH]nc(C(=O)N(C)Cc2cccc(OC(F)F)c2)c1Br. The van der Waals surface area contributed by atoms with Crippen molar-refractivity contribution >= 4 is 21.8 Å². The van der Waals surface area contributed by atoms with Crippen molar-refractivity contribution in [3.63, 3.8) is 0 Å². The van der Waals surface area contributed by atoms with Gasteiger partial charge in [-0.1, -0.05) is 26.0 Å². The fourth-order valence-corrected chi connectivity index (χ4v) is 3.02. The number of alkyl halides is 2. The lowest BCUT2D eigenvalue weighted by Gasteiger charge is -2.17. The highest BCUT2D eigenvalue weighted by atomic mass is 79.9. The maximum atomic E-state index is 12.5. The quantitative estimate of drug-likeness (QED) is 0.789. The summed E-state index contributed by atoms with van der Waals surface area (Å²) in [5.41, 5.74) is 1.82. The van der Waals surface area contributed by atoms with E-state index in [0.717, 1.165) is 5.69 Å². The van der Waals surface area contributed by atoms with Crippen LogP contribution in [-0.4, -0.2) is 34.7 Å². The largest absolute Gasteiger partial charge is 0.435 e. The first kappa shape index (κ1) is 18.4. The Morgan fingerprint density at radius 1 is 1.42 bits per heavy atom. The van der Waals surface area contributed by atoms with Gasteiger partial charge in [-0.25, -0.2) is 0 Å². The van der Waals surface area contributed by atoms with Crippen molar-refractivity contribution in [2.75, 3.05) is 7.05 Å². The molecule has 0 aliphatic rings. The molecule has 24 heavy (non-hydrogen) atoms. The van der Waals surface area contributed by atoms with Crippen molar-refractivity contribution in [1.29, 1.82) is 0 Å². The average Bonchev–Trinajstić information content (AvgIpc) is 2.88. The Morgan fingerprint density at radius 2 is 2.12 bits per heavy atom. The molecule has 0 saturated carbocycles. The molecule has 1 aromatic carbocycles. The minimum atomic E-state index is -2.88. The van der Waals surface area contributed by atoms with Gasteiger partial charge in [-0.2, -0.15) is 13.9 Å². The number of hydrogen-bond donors (Lipinski definition) is 1. The number of benzene rings is 1. The molecule has 0 aliphatic carbocycles. The third-order valence-electron chi connectivity index (χ3n) is 3.40. The standard InChI is InChI=1S/C16H18BrF2N3O2/c1-9(2)13-12(17)14(21-20-13)15(23)22(3)8-10-5-4-6-11(7-10)24-16(18)19/h4-7,9,16H,8H2,1-3H3,(H,20,21). The summed E-state index contributed by atoms with van der Waals surface area (Å²) in [6, 6.07) is 6.26. The molecule has 0 aliphatic heterocycles. The predicted octanol–water partition coefficient (Wildman–Crippen LogP) is 4.17. The predicted molar refractivity (Wildman–Crippen MR) is 89.2 cm³/mol. The van der Waals surface area contributed by atoms with Gasteiger partial charge in [-0.3, -0.25) is 9.89 Å². The number of amides is 1. The molecule has 1 N–H and O–H groups in total. The van der Waals surface area contributed by atoms with Gasteiger partial charge in [0.15, 0.2) is 5.69 Å². The third-order valence-corrected chi connectivity index (χ3v) is 4.21. The zero-order valence-corrected chi connectivity index (χ0v) is 15.1. The molecule has 0 fully saturated rings. The zero-order valence-electron chi connectivity index (χ0n) is 13.5. The highest BCUT2D eigenvalue weighted by molar-refractivity contribution is 9.10. The Hall–Kier alpha value is -1.96. The maximum Gasteiger partial charge on any atom is 0.387 e. The van der Waals surface area contributed by atoms with E-state index in [4.69, 9.17) is 0 Å². The Kier molecular flexibility index (Phi) is 5.93. The first-order valence-electron chi connectivity index (χ1n) is 7.32. The van der Waals surface area contributed by atoms with Gasteiger partial charge in [-0.15, -0.1) is 0 Å². The number of rotatable bonds is 6. The zero-order chi connectivity index (χ0) is 17.9. The van der Waals surface area contributed by atoms with E-state index in [1.165, 1.54) is 17.0 Å². The topological polar surface area (TPSA) is 58.2 Å². The normalized spacial score (nSPS) is 11.2. The third kappa shape index (κ3) is 4.31. The summed E-state index contributed by atoms with van der Waals surface area (Å²) < 4.78 is 29.6. The van der Waals surface area contributed by atoms with Crippen LogP contribution in [0.15, 0.2) is 28.7 Å². The summed E-state index contributed by atoms with van der Waals surface area (Å²) in [7, 11) is 1.62. The van der Waals surface area contributed by atoms with Crippen molar-refractivity contribution in [2.45, 2.75) is 32.9 Å². The van der Waals surface area contributed by atoms with E-state index in [1.54, 1.807) is 19.2 Å². The van der Waals surface area contributed by atoms with Crippen LogP contribution in [0.2, 0.25) is 0 Å². The van der Waals surface area contributed by atoms with Gasteiger partial charge >= 0.3 is 6.61 Å². The Bertz CT molecular complexity index is 719. The van der Waals surface area contributed by atoms with Crippen LogP contribution >= 0.6 is 15.9 Å². The van der Waals surface area contributed by atoms with Gasteiger partial charge in [0, 0.05) is 13.6 Å². The van der Waals surface area contributed by atoms with E-state index in [9.17, 15) is 13.6 Å². The van der Waals surface area contributed by atoms with Crippen LogP contribution < -0.4 is 4.74 Å². The number of H-pyrrole nitrogens is 1. The monoisotopic (exact) mass is 401 g/mol. The number of aromatic nitrogens is 2. The Balaban J connectivity index is 2.12. The lowest BCUT2D eigenvalue weighted by atomic mass is 10.1. The lowest BCUT2D eigenvalue weighted by molar-refractivity contribution is -0.0499. The van der Waals surface area contributed by atoms with Gasteiger partial charge in [0.2, 0.25) is 0 Å². The molecule has 2 aromatic rings. The number of aromatic amines is 1. The van der Waals surface area contributed by atoms with Crippen LogP contribution in [0.3, 0.4) is 0 Å². The second-order valence-electron chi connectivity index (χ2n) is 5.64. The summed E-state index contributed by atoms with van der Waals surface area (Å²) in [4.78, 5) is 14.0. The first-order chi connectivity index (χ1) is 11.3. The molecule has 2 rings (SSSR count). The summed E-state index contributed by atoms with van der Waals surface area (Å²) >= 11 is 3.40. The van der Waals surface area contributed by atoms with Gasteiger partial charge in [0.25, 0.3) is 5.91 Å². The number of hydrogen-bond acceptors (Lipinski definition) is 3. The molecular formula is C16H18BrF2N3O2. The molecule has 130 valence electrons. The minimum absolute atomic E-state index is 0.0615. The number of carbonyl (C=O) groups is 1. The summed E-state index contributed by atoms with van der Waals surface area (Å²) in [5.74, 6) is -0.0153. The van der Waals surface area contributed by atoms with Crippen molar-refractivity contribution in [3.05, 3.63) is 45.7 Å². The number of nitrogens with zero attached hydrogens (tertiary/aromatic N) is 2. The van der Waals surface area contributed by atoms with Gasteiger partial charge < -0.3 is 9.64 Å². The molecule has 0 bridgehead atoms. The summed E-state index contributed by atoms with van der Waals surface area (Å²) in [6.45, 7) is 1.35. The summed E-state index contributed by atoms with van der Waals surface area (Å²) in [6.07, 6.45) is 0. The molecule has 1 aromatic heterocycles. The summed E-state index contributed by atoms with van der Waals surface area (Å²) in [5, 5.41) is 6.93. The van der Waals surface area contributed by atoms with Crippen LogP contribution in [0.4, 0.5) is 8.78 Å². The van der Waals surface area contributed by atoms with Crippen LogP contribution in [-0.2, 0) is 6.54 Å². The smallest absolute Gasteiger partial charge is 0.387 e. The van der Waals surface area contributed by atoms with E-state index < -0.39 is 6.61 Å². The van der Waals surface area contributed by atoms with Crippen LogP contribution in [0, 0.1) is 0 Å². The molecule has 8 heteroatoms. The minimum Gasteiger partial charge on any atom is -0.435 e. The molecular weight excluding hydrogens is 384 g/mol. The van der Waals surface area contributed by atoms with E-state index in [-0.39, 0.29) is 24.1 Å². The highest BCUT2D eigenvalue weighted by Gasteiger charge is 2.22. The van der Waals surface area contributed by atoms with Gasteiger partial charge in [0.1, 0.15) is 5.75 Å². The Morgan fingerprint density at radius 3 is 2.71 bits per heavy atom. The van der Waals surface area contributed by atoms with Crippen LogP contribution in [0.1, 0.15) is 41.5 Å². The fraction of sp³-hybridized carbons (Fsp3) is 0.375. The lowest BCUT2D eigenvalue weighted by Crippen LogP contribution is -2.26. The first-order valence-corrected chi connectivity index (χ1v) is 8.11. The van der Waals surface area contributed by atoms with Gasteiger partial charge in [-0.05, 0) is 39.5 Å². The Labute approximate surface area is 147 Å². The number of carbonyl (C=O) groups excluding carboxylic acids is 1. The van der Waals surface area contributed by atoms with Crippen molar-refractivity contribution < 1.29 is 18.3 Å². The van der Waals surface area contributed by atoms with E-state index in [2.05, 4.69) is 30.9 Å². The van der Waals surface area contributed by atoms with Crippen LogP contribution in [0.25, 0.3) is 0 Å². The van der Waals surface area contributed by atoms with Crippen LogP contribution in [0.5, 0.6) is 5.75 Å². The maximum absolute atomic E-state index is 12.5. The van der Waals surface area contributed by atoms with Gasteiger partial charge in [0.05, 0.1) is 10.2 Å². The van der Waals surface area contributed by atoms with E-state index >= 15 is 0 Å². The van der Waals surface area contributed by atoms with Crippen molar-refractivity contribution in [3.8, 4) is 5.75 Å². The molecule has 1 amide bonds. The van der Waals surface area contributed by atoms with Crippen molar-refractivity contribution in [2.24, 2.45) is 0 Å². The molecule has 0 spiro atoms. The fourth-order valence-electron chi connectivity index (χ4n) is 2.21. The van der Waals surface area contributed by atoms with E-state index in [1.807, 2.05) is 13.8 Å². The van der Waals surface area contributed by atoms with Crippen molar-refractivity contribution in [1.82, 2.24) is 15.1 Å². The molecule has 5 nitrogen and oxygen atoms in total. The molecule has 1 heterocycles. The molecule has 0 unspecified atom stereocenters. The second kappa shape index (κ2) is 7.74. The number of ether oxygens (including phenoxy) is 1. The number of nitrogens with one attached hydrogen (secondary N) is 1. The van der Waals surface area contributed by atoms with E-state index in [0.29, 0.717) is 15.7 Å². The number of halogens is 3. The molecule has 0 atom stereocenters.